The summed E-state index contributed by atoms with van der Waals surface area (Å²) in [7, 11) is 0. The van der Waals surface area contributed by atoms with E-state index in [0.717, 1.165) is 28.2 Å². The quantitative estimate of drug-likeness (QED) is 0.652. The Morgan fingerprint density at radius 1 is 1.21 bits per heavy atom. The number of H-pyrrole nitrogens is 1. The molecule has 0 bridgehead atoms. The van der Waals surface area contributed by atoms with Crippen molar-refractivity contribution in [3.63, 3.8) is 0 Å². The van der Waals surface area contributed by atoms with E-state index in [0.29, 0.717) is 15.6 Å². The van der Waals surface area contributed by atoms with E-state index < -0.39 is 0 Å². The molecule has 0 atom stereocenters. The van der Waals surface area contributed by atoms with Crippen molar-refractivity contribution in [2.75, 3.05) is 5.73 Å². The lowest BCUT2D eigenvalue weighted by atomic mass is 10.1. The monoisotopic (exact) mass is 291 g/mol. The molecule has 0 aliphatic rings. The number of hydrogen-bond donors (Lipinski definition) is 2. The van der Waals surface area contributed by atoms with E-state index in [4.69, 9.17) is 28.9 Å². The van der Waals surface area contributed by atoms with Crippen LogP contribution in [0, 0.1) is 6.92 Å². The van der Waals surface area contributed by atoms with Crippen LogP contribution >= 0.6 is 23.2 Å². The van der Waals surface area contributed by atoms with E-state index in [9.17, 15) is 0 Å². The van der Waals surface area contributed by atoms with E-state index in [1.807, 2.05) is 25.1 Å². The number of nitrogens with zero attached hydrogens (tertiary/aromatic N) is 1. The summed E-state index contributed by atoms with van der Waals surface area (Å²) >= 11 is 12.1. The van der Waals surface area contributed by atoms with E-state index in [1.54, 1.807) is 12.1 Å². The highest BCUT2D eigenvalue weighted by molar-refractivity contribution is 6.38. The predicted octanol–water partition coefficient (Wildman–Crippen LogP) is 4.43. The van der Waals surface area contributed by atoms with Gasteiger partial charge in [0.1, 0.15) is 11.3 Å². The highest BCUT2D eigenvalue weighted by Crippen LogP contribution is 2.31. The second-order valence-electron chi connectivity index (χ2n) is 4.39. The number of hydrogen-bond acceptors (Lipinski definition) is 2. The normalized spacial score (nSPS) is 11.1. The third-order valence-corrected chi connectivity index (χ3v) is 3.64. The molecule has 0 aliphatic heterocycles. The molecule has 0 saturated carbocycles. The molecule has 3 aromatic rings. The molecule has 0 saturated heterocycles. The first-order valence-corrected chi connectivity index (χ1v) is 6.52. The van der Waals surface area contributed by atoms with Gasteiger partial charge in [-0.05, 0) is 30.7 Å². The largest absolute Gasteiger partial charge is 0.398 e. The number of anilines is 1. The number of fused-ring (bicyclic) bond motifs is 1. The van der Waals surface area contributed by atoms with Gasteiger partial charge in [-0.25, -0.2) is 4.98 Å². The third-order valence-electron chi connectivity index (χ3n) is 3.14. The number of halogens is 2. The highest BCUT2D eigenvalue weighted by Gasteiger charge is 2.11. The summed E-state index contributed by atoms with van der Waals surface area (Å²) in [5.74, 6) is 0.740. The smallest absolute Gasteiger partial charge is 0.138 e. The molecule has 1 heterocycles. The lowest BCUT2D eigenvalue weighted by Gasteiger charge is -2.04. The minimum atomic E-state index is 0.534. The van der Waals surface area contributed by atoms with Crippen molar-refractivity contribution in [3.8, 4) is 11.4 Å². The second kappa shape index (κ2) is 4.44. The fraction of sp³-hybridized carbons (Fsp3) is 0.0714. The van der Waals surface area contributed by atoms with E-state index in [1.165, 1.54) is 0 Å². The Labute approximate surface area is 120 Å². The summed E-state index contributed by atoms with van der Waals surface area (Å²) in [6.45, 7) is 1.96. The van der Waals surface area contributed by atoms with Crippen LogP contribution in [0.1, 0.15) is 5.56 Å². The number of benzene rings is 2. The molecular formula is C14H11Cl2N3. The van der Waals surface area contributed by atoms with Crippen LogP contribution < -0.4 is 5.73 Å². The Kier molecular flexibility index (Phi) is 2.88. The summed E-state index contributed by atoms with van der Waals surface area (Å²) in [5.41, 5.74) is 10.1. The summed E-state index contributed by atoms with van der Waals surface area (Å²) in [6.07, 6.45) is 0. The Bertz CT molecular complexity index is 778. The van der Waals surface area contributed by atoms with Gasteiger partial charge in [-0.15, -0.1) is 0 Å². The van der Waals surface area contributed by atoms with Crippen LogP contribution in [0.3, 0.4) is 0 Å². The van der Waals surface area contributed by atoms with E-state index >= 15 is 0 Å². The molecule has 3 N–H and O–H groups in total. The number of nitrogens with two attached hydrogens (primary N) is 1. The molecule has 2 aromatic carbocycles. The molecule has 19 heavy (non-hydrogen) atoms. The zero-order valence-corrected chi connectivity index (χ0v) is 11.7. The lowest BCUT2D eigenvalue weighted by Crippen LogP contribution is -1.92. The summed E-state index contributed by atoms with van der Waals surface area (Å²) in [5, 5.41) is 1.11. The molecule has 5 heteroatoms. The van der Waals surface area contributed by atoms with Gasteiger partial charge in [-0.3, -0.25) is 0 Å². The first-order valence-electron chi connectivity index (χ1n) is 5.76. The van der Waals surface area contributed by atoms with Crippen molar-refractivity contribution >= 4 is 39.9 Å². The van der Waals surface area contributed by atoms with Crippen molar-refractivity contribution < 1.29 is 0 Å². The minimum Gasteiger partial charge on any atom is -0.398 e. The Morgan fingerprint density at radius 2 is 2.00 bits per heavy atom. The Morgan fingerprint density at radius 3 is 2.79 bits per heavy atom. The molecular weight excluding hydrogens is 281 g/mol. The molecule has 0 amide bonds. The number of aromatic amines is 1. The Balaban J connectivity index is 2.26. The molecule has 96 valence electrons. The Hall–Kier alpha value is -1.71. The fourth-order valence-electron chi connectivity index (χ4n) is 2.08. The summed E-state index contributed by atoms with van der Waals surface area (Å²) in [6, 6.07) is 9.23. The molecule has 0 unspecified atom stereocenters. The van der Waals surface area contributed by atoms with Crippen molar-refractivity contribution in [2.24, 2.45) is 0 Å². The average molecular weight is 292 g/mol. The molecule has 0 radical (unpaired) electrons. The van der Waals surface area contributed by atoms with Crippen LogP contribution in [0.15, 0.2) is 30.3 Å². The van der Waals surface area contributed by atoms with Crippen molar-refractivity contribution in [1.29, 1.82) is 0 Å². The average Bonchev–Trinajstić information content (AvgIpc) is 2.76. The van der Waals surface area contributed by atoms with Crippen LogP contribution in [-0.2, 0) is 0 Å². The van der Waals surface area contributed by atoms with Crippen LogP contribution in [0.25, 0.3) is 22.4 Å². The maximum absolute atomic E-state index is 6.14. The van der Waals surface area contributed by atoms with Crippen LogP contribution in [0.2, 0.25) is 10.0 Å². The van der Waals surface area contributed by atoms with Gasteiger partial charge in [-0.2, -0.15) is 0 Å². The van der Waals surface area contributed by atoms with Crippen LogP contribution in [0.5, 0.6) is 0 Å². The second-order valence-corrected chi connectivity index (χ2v) is 5.23. The van der Waals surface area contributed by atoms with Crippen LogP contribution in [0.4, 0.5) is 5.69 Å². The molecule has 0 fully saturated rings. The van der Waals surface area contributed by atoms with E-state index in [-0.39, 0.29) is 0 Å². The van der Waals surface area contributed by atoms with Crippen LogP contribution in [-0.4, -0.2) is 9.97 Å². The van der Waals surface area contributed by atoms with Gasteiger partial charge >= 0.3 is 0 Å². The first-order chi connectivity index (χ1) is 9.06. The highest BCUT2D eigenvalue weighted by atomic mass is 35.5. The standard InChI is InChI=1S/C14H11Cl2N3/c1-7-9(3-2-4-11(7)17)14-18-12-6-8(15)5-10(16)13(12)19-14/h2-6H,17H2,1H3,(H,18,19). The topological polar surface area (TPSA) is 54.7 Å². The number of nitrogens with one attached hydrogen (secondary N) is 1. The summed E-state index contributed by atoms with van der Waals surface area (Å²) in [4.78, 5) is 7.75. The maximum atomic E-state index is 6.14. The van der Waals surface area contributed by atoms with Gasteiger partial charge in [0, 0.05) is 16.3 Å². The van der Waals surface area contributed by atoms with E-state index in [2.05, 4.69) is 9.97 Å². The number of aromatic nitrogens is 2. The molecule has 0 aliphatic carbocycles. The van der Waals surface area contributed by atoms with Gasteiger partial charge in [0.05, 0.1) is 10.5 Å². The minimum absolute atomic E-state index is 0.534. The molecule has 1 aromatic heterocycles. The van der Waals surface area contributed by atoms with Gasteiger partial charge < -0.3 is 10.7 Å². The van der Waals surface area contributed by atoms with Gasteiger partial charge in [0.2, 0.25) is 0 Å². The molecule has 0 spiro atoms. The van der Waals surface area contributed by atoms with Gasteiger partial charge in [0.15, 0.2) is 0 Å². The summed E-state index contributed by atoms with van der Waals surface area (Å²) < 4.78 is 0. The van der Waals surface area contributed by atoms with Crippen molar-refractivity contribution in [2.45, 2.75) is 6.92 Å². The number of rotatable bonds is 1. The zero-order chi connectivity index (χ0) is 13.6. The lowest BCUT2D eigenvalue weighted by molar-refractivity contribution is 1.31. The van der Waals surface area contributed by atoms with Crippen molar-refractivity contribution in [3.05, 3.63) is 45.9 Å². The zero-order valence-electron chi connectivity index (χ0n) is 10.2. The molecule has 3 rings (SSSR count). The number of nitrogen functional groups attached to an aromatic ring is 1. The number of imidazole rings is 1. The van der Waals surface area contributed by atoms with Gasteiger partial charge in [-0.1, -0.05) is 35.3 Å². The maximum Gasteiger partial charge on any atom is 0.138 e. The first kappa shape index (κ1) is 12.3. The molecule has 3 nitrogen and oxygen atoms in total. The predicted molar refractivity (Wildman–Crippen MR) is 80.7 cm³/mol. The van der Waals surface area contributed by atoms with Crippen molar-refractivity contribution in [1.82, 2.24) is 9.97 Å². The third kappa shape index (κ3) is 2.05. The SMILES string of the molecule is Cc1c(N)cccc1-c1nc2c(Cl)cc(Cl)cc2[nH]1. The fourth-order valence-corrected chi connectivity index (χ4v) is 2.62. The van der Waals surface area contributed by atoms with Gasteiger partial charge in [0.25, 0.3) is 0 Å².